The number of aromatic hydroxyl groups is 3. The lowest BCUT2D eigenvalue weighted by Gasteiger charge is -2.40. The van der Waals surface area contributed by atoms with Crippen molar-refractivity contribution >= 4 is 11.0 Å². The maximum atomic E-state index is 12.7. The molecule has 1 aliphatic rings. The first-order valence-corrected chi connectivity index (χ1v) is 9.35. The average Bonchev–Trinajstić information content (AvgIpc) is 2.73. The second-order valence-corrected chi connectivity index (χ2v) is 7.30. The van der Waals surface area contributed by atoms with Crippen LogP contribution < -0.4 is 5.43 Å². The summed E-state index contributed by atoms with van der Waals surface area (Å²) in [6, 6.07) is 8.00. The number of ether oxygens (including phenoxy) is 1. The minimum absolute atomic E-state index is 0.0198. The Bertz CT molecular complexity index is 1170. The Kier molecular flexibility index (Phi) is 5.33. The second-order valence-electron chi connectivity index (χ2n) is 7.30. The van der Waals surface area contributed by atoms with E-state index in [1.54, 1.807) is 0 Å². The molecule has 1 fully saturated rings. The normalized spacial score (nSPS) is 26.3. The van der Waals surface area contributed by atoms with Crippen molar-refractivity contribution in [1.29, 1.82) is 0 Å². The van der Waals surface area contributed by atoms with Crippen molar-refractivity contribution < 1.29 is 44.9 Å². The Morgan fingerprint density at radius 1 is 0.903 bits per heavy atom. The molecule has 7 N–H and O–H groups in total. The number of phenols is 3. The van der Waals surface area contributed by atoms with Gasteiger partial charge in [-0.05, 0) is 24.3 Å². The SMILES string of the molecule is O=c1cc(-c2ccc(O)cc2)oc2cc(O)c([C@@H]3O[C@H](CO)[C@H](O)[C@H](O)[C@H]3O)c(O)c12. The standard InChI is InChI=1S/C21H20O10/c22-7-14-17(26)19(28)20(29)21(31-14)16-11(25)6-13-15(18(16)27)10(24)5-12(30-13)8-1-3-9(23)4-2-8/h1-6,14,17,19-23,25-29H,7H2/t14-,17+,19+,20-,21+/m1/s1. The van der Waals surface area contributed by atoms with Crippen LogP contribution in [0.15, 0.2) is 45.6 Å². The summed E-state index contributed by atoms with van der Waals surface area (Å²) in [6.45, 7) is -0.700. The van der Waals surface area contributed by atoms with E-state index in [0.29, 0.717) is 5.56 Å². The third kappa shape index (κ3) is 3.50. The number of aliphatic hydroxyl groups excluding tert-OH is 4. The van der Waals surface area contributed by atoms with Gasteiger partial charge in [0.15, 0.2) is 5.43 Å². The molecule has 0 aliphatic carbocycles. The molecule has 0 unspecified atom stereocenters. The number of aliphatic hydroxyl groups is 4. The summed E-state index contributed by atoms with van der Waals surface area (Å²) in [6.07, 6.45) is -7.95. The number of fused-ring (bicyclic) bond motifs is 1. The summed E-state index contributed by atoms with van der Waals surface area (Å²) in [4.78, 5) is 12.7. The third-order valence-corrected chi connectivity index (χ3v) is 5.34. The quantitative estimate of drug-likeness (QED) is 0.300. The van der Waals surface area contributed by atoms with Gasteiger partial charge in [-0.2, -0.15) is 0 Å². The van der Waals surface area contributed by atoms with E-state index in [-0.39, 0.29) is 22.5 Å². The minimum Gasteiger partial charge on any atom is -0.508 e. The summed E-state index contributed by atoms with van der Waals surface area (Å²) >= 11 is 0. The fourth-order valence-electron chi connectivity index (χ4n) is 3.69. The molecule has 2 heterocycles. The highest BCUT2D eigenvalue weighted by Crippen LogP contribution is 2.44. The molecule has 2 aromatic carbocycles. The highest BCUT2D eigenvalue weighted by Gasteiger charge is 2.46. The molecule has 3 aromatic rings. The first-order valence-electron chi connectivity index (χ1n) is 9.35. The zero-order valence-corrected chi connectivity index (χ0v) is 15.9. The number of hydrogen-bond acceptors (Lipinski definition) is 10. The van der Waals surface area contributed by atoms with Crippen LogP contribution in [0.4, 0.5) is 0 Å². The average molecular weight is 432 g/mol. The van der Waals surface area contributed by atoms with Crippen molar-refractivity contribution in [3.05, 3.63) is 52.2 Å². The number of rotatable bonds is 3. The number of hydrogen-bond donors (Lipinski definition) is 7. The van der Waals surface area contributed by atoms with Crippen molar-refractivity contribution in [1.82, 2.24) is 0 Å². The van der Waals surface area contributed by atoms with E-state index in [4.69, 9.17) is 9.15 Å². The topological polar surface area (TPSA) is 181 Å². The van der Waals surface area contributed by atoms with Crippen molar-refractivity contribution in [2.45, 2.75) is 30.5 Å². The number of phenolic OH excluding ortho intramolecular Hbond substituents is 3. The van der Waals surface area contributed by atoms with Crippen LogP contribution in [0.5, 0.6) is 17.2 Å². The van der Waals surface area contributed by atoms with Crippen LogP contribution in [-0.2, 0) is 4.74 Å². The minimum atomic E-state index is -1.77. The Morgan fingerprint density at radius 2 is 1.58 bits per heavy atom. The van der Waals surface area contributed by atoms with Crippen LogP contribution in [0.1, 0.15) is 11.7 Å². The van der Waals surface area contributed by atoms with Crippen LogP contribution in [0.25, 0.3) is 22.3 Å². The summed E-state index contributed by atoms with van der Waals surface area (Å²) in [5.74, 6) is -1.19. The Balaban J connectivity index is 1.85. The molecule has 1 aromatic heterocycles. The Hall–Kier alpha value is -3.15. The summed E-state index contributed by atoms with van der Waals surface area (Å²) in [5.41, 5.74) is -0.741. The predicted octanol–water partition coefficient (Wildman–Crippen LogP) is 0.0917. The molecule has 0 saturated carbocycles. The first kappa shape index (κ1) is 21.1. The lowest BCUT2D eigenvalue weighted by atomic mass is 9.89. The van der Waals surface area contributed by atoms with Gasteiger partial charge in [0.2, 0.25) is 0 Å². The van der Waals surface area contributed by atoms with Crippen molar-refractivity contribution in [3.8, 4) is 28.6 Å². The molecule has 10 nitrogen and oxygen atoms in total. The maximum absolute atomic E-state index is 12.7. The van der Waals surface area contributed by atoms with Gasteiger partial charge < -0.3 is 44.9 Å². The Labute approximate surface area is 174 Å². The molecule has 0 bridgehead atoms. The first-order chi connectivity index (χ1) is 14.7. The van der Waals surface area contributed by atoms with Gasteiger partial charge in [0.05, 0.1) is 12.2 Å². The lowest BCUT2D eigenvalue weighted by Crippen LogP contribution is -2.55. The zero-order valence-electron chi connectivity index (χ0n) is 15.9. The second kappa shape index (κ2) is 7.84. The summed E-state index contributed by atoms with van der Waals surface area (Å²) < 4.78 is 11.0. The van der Waals surface area contributed by atoms with E-state index in [1.807, 2.05) is 0 Å². The van der Waals surface area contributed by atoms with E-state index >= 15 is 0 Å². The van der Waals surface area contributed by atoms with E-state index < -0.39 is 59.6 Å². The molecule has 1 aliphatic heterocycles. The van der Waals surface area contributed by atoms with Gasteiger partial charge in [0, 0.05) is 17.7 Å². The molecule has 164 valence electrons. The fraction of sp³-hybridized carbons (Fsp3) is 0.286. The molecule has 5 atom stereocenters. The largest absolute Gasteiger partial charge is 0.508 e. The molecular formula is C21H20O10. The maximum Gasteiger partial charge on any atom is 0.197 e. The molecule has 1 saturated heterocycles. The monoisotopic (exact) mass is 432 g/mol. The van der Waals surface area contributed by atoms with Crippen LogP contribution in [0.2, 0.25) is 0 Å². The Morgan fingerprint density at radius 3 is 2.23 bits per heavy atom. The van der Waals surface area contributed by atoms with Gasteiger partial charge in [-0.25, -0.2) is 0 Å². The molecule has 31 heavy (non-hydrogen) atoms. The van der Waals surface area contributed by atoms with Gasteiger partial charge >= 0.3 is 0 Å². The van der Waals surface area contributed by atoms with Gasteiger partial charge in [0.1, 0.15) is 64.5 Å². The van der Waals surface area contributed by atoms with Gasteiger partial charge in [0.25, 0.3) is 0 Å². The van der Waals surface area contributed by atoms with E-state index in [0.717, 1.165) is 12.1 Å². The van der Waals surface area contributed by atoms with Crippen LogP contribution in [-0.4, -0.2) is 66.8 Å². The molecular weight excluding hydrogens is 412 g/mol. The van der Waals surface area contributed by atoms with Crippen molar-refractivity contribution in [2.24, 2.45) is 0 Å². The van der Waals surface area contributed by atoms with Gasteiger partial charge in [-0.15, -0.1) is 0 Å². The third-order valence-electron chi connectivity index (χ3n) is 5.34. The highest BCUT2D eigenvalue weighted by atomic mass is 16.5. The van der Waals surface area contributed by atoms with E-state index in [1.165, 1.54) is 24.3 Å². The summed E-state index contributed by atoms with van der Waals surface area (Å²) in [5, 5.41) is 70.0. The molecule has 10 heteroatoms. The zero-order chi connectivity index (χ0) is 22.4. The van der Waals surface area contributed by atoms with Crippen LogP contribution >= 0.6 is 0 Å². The van der Waals surface area contributed by atoms with E-state index in [2.05, 4.69) is 0 Å². The molecule has 0 radical (unpaired) electrons. The highest BCUT2D eigenvalue weighted by molar-refractivity contribution is 5.88. The summed E-state index contributed by atoms with van der Waals surface area (Å²) in [7, 11) is 0. The molecule has 0 spiro atoms. The lowest BCUT2D eigenvalue weighted by molar-refractivity contribution is -0.232. The molecule has 4 rings (SSSR count). The number of benzene rings is 2. The van der Waals surface area contributed by atoms with Gasteiger partial charge in [-0.3, -0.25) is 4.79 Å². The van der Waals surface area contributed by atoms with Crippen LogP contribution in [0, 0.1) is 0 Å². The molecule has 0 amide bonds. The van der Waals surface area contributed by atoms with Crippen molar-refractivity contribution in [3.63, 3.8) is 0 Å². The smallest absolute Gasteiger partial charge is 0.197 e. The fourth-order valence-corrected chi connectivity index (χ4v) is 3.69. The predicted molar refractivity (Wildman–Crippen MR) is 106 cm³/mol. The van der Waals surface area contributed by atoms with Gasteiger partial charge in [-0.1, -0.05) is 0 Å². The van der Waals surface area contributed by atoms with Crippen molar-refractivity contribution in [2.75, 3.05) is 6.61 Å². The van der Waals surface area contributed by atoms with Crippen LogP contribution in [0.3, 0.4) is 0 Å². The van der Waals surface area contributed by atoms with E-state index in [9.17, 15) is 40.5 Å².